The average Bonchev–Trinajstić information content (AvgIpc) is 2.97. The minimum atomic E-state index is -0.518. The van der Waals surface area contributed by atoms with Crippen LogP contribution in [0, 0.1) is 10.1 Å². The number of aryl methyl sites for hydroxylation is 1. The molecular formula is C16H18N4O4. The molecule has 2 rings (SSSR count). The highest BCUT2D eigenvalue weighted by Gasteiger charge is 2.18. The van der Waals surface area contributed by atoms with Crippen molar-refractivity contribution >= 4 is 23.4 Å². The molecule has 0 spiro atoms. The molecule has 0 fully saturated rings. The lowest BCUT2D eigenvalue weighted by Gasteiger charge is -2.18. The van der Waals surface area contributed by atoms with Gasteiger partial charge < -0.3 is 9.64 Å². The van der Waals surface area contributed by atoms with Crippen LogP contribution < -0.4 is 4.90 Å². The van der Waals surface area contributed by atoms with E-state index in [-0.39, 0.29) is 5.69 Å². The molecule has 0 atom stereocenters. The van der Waals surface area contributed by atoms with E-state index in [1.807, 2.05) is 13.2 Å². The van der Waals surface area contributed by atoms with Crippen LogP contribution in [0.3, 0.4) is 0 Å². The maximum absolute atomic E-state index is 11.4. The van der Waals surface area contributed by atoms with Crippen molar-refractivity contribution in [3.05, 3.63) is 57.9 Å². The van der Waals surface area contributed by atoms with E-state index < -0.39 is 10.9 Å². The van der Waals surface area contributed by atoms with E-state index in [1.165, 1.54) is 25.3 Å². The summed E-state index contributed by atoms with van der Waals surface area (Å²) in [4.78, 5) is 23.8. The fourth-order valence-corrected chi connectivity index (χ4v) is 2.26. The van der Waals surface area contributed by atoms with Crippen LogP contribution in [0.4, 0.5) is 11.4 Å². The first-order valence-corrected chi connectivity index (χ1v) is 7.14. The van der Waals surface area contributed by atoms with Gasteiger partial charge in [0.05, 0.1) is 18.2 Å². The van der Waals surface area contributed by atoms with E-state index in [4.69, 9.17) is 0 Å². The van der Waals surface area contributed by atoms with Gasteiger partial charge in [0.2, 0.25) is 0 Å². The summed E-state index contributed by atoms with van der Waals surface area (Å²) in [5.41, 5.74) is 1.95. The van der Waals surface area contributed by atoms with Gasteiger partial charge in [-0.05, 0) is 17.7 Å². The summed E-state index contributed by atoms with van der Waals surface area (Å²) < 4.78 is 6.18. The van der Waals surface area contributed by atoms with Gasteiger partial charge in [0.15, 0.2) is 0 Å². The van der Waals surface area contributed by atoms with Crippen molar-refractivity contribution in [2.24, 2.45) is 7.05 Å². The molecule has 2 aromatic rings. The largest absolute Gasteiger partial charge is 0.466 e. The Morgan fingerprint density at radius 3 is 2.83 bits per heavy atom. The standard InChI is InChI=1S/C16H18N4O4/c1-18(10-13-9-17-19(2)11-13)14-6-4-12(5-7-16(21)24-3)8-15(14)20(22)23/h4-9,11H,10H2,1-3H3/b7-5+. The Morgan fingerprint density at radius 2 is 2.25 bits per heavy atom. The molecule has 0 unspecified atom stereocenters. The summed E-state index contributed by atoms with van der Waals surface area (Å²) in [5.74, 6) is -0.518. The van der Waals surface area contributed by atoms with Gasteiger partial charge in [0.1, 0.15) is 5.69 Å². The normalized spacial score (nSPS) is 10.8. The number of anilines is 1. The molecule has 0 radical (unpaired) electrons. The van der Waals surface area contributed by atoms with E-state index in [1.54, 1.807) is 35.0 Å². The fourth-order valence-electron chi connectivity index (χ4n) is 2.26. The van der Waals surface area contributed by atoms with Gasteiger partial charge in [-0.2, -0.15) is 5.10 Å². The van der Waals surface area contributed by atoms with Crippen LogP contribution in [0.5, 0.6) is 0 Å². The van der Waals surface area contributed by atoms with Crippen molar-refractivity contribution in [2.75, 3.05) is 19.1 Å². The predicted molar refractivity (Wildman–Crippen MR) is 89.5 cm³/mol. The minimum absolute atomic E-state index is 0.0339. The molecule has 0 saturated heterocycles. The van der Waals surface area contributed by atoms with Crippen LogP contribution in [0.25, 0.3) is 6.08 Å². The molecule has 8 heteroatoms. The molecule has 0 amide bonds. The number of aromatic nitrogens is 2. The van der Waals surface area contributed by atoms with Gasteiger partial charge in [-0.3, -0.25) is 14.8 Å². The van der Waals surface area contributed by atoms with E-state index in [2.05, 4.69) is 9.84 Å². The van der Waals surface area contributed by atoms with Crippen LogP contribution in [-0.4, -0.2) is 34.8 Å². The van der Waals surface area contributed by atoms with Crippen molar-refractivity contribution in [1.29, 1.82) is 0 Å². The Morgan fingerprint density at radius 1 is 1.50 bits per heavy atom. The molecule has 0 aliphatic carbocycles. The Labute approximate surface area is 139 Å². The molecular weight excluding hydrogens is 312 g/mol. The summed E-state index contributed by atoms with van der Waals surface area (Å²) >= 11 is 0. The number of benzene rings is 1. The number of hydrogen-bond acceptors (Lipinski definition) is 6. The lowest BCUT2D eigenvalue weighted by Crippen LogP contribution is -2.17. The molecule has 0 N–H and O–H groups in total. The molecule has 1 aromatic heterocycles. The minimum Gasteiger partial charge on any atom is -0.466 e. The molecule has 1 aromatic carbocycles. The molecule has 1 heterocycles. The van der Waals surface area contributed by atoms with Crippen molar-refractivity contribution in [2.45, 2.75) is 6.54 Å². The SMILES string of the molecule is COC(=O)/C=C/c1ccc(N(C)Cc2cnn(C)c2)c([N+](=O)[O-])c1. The average molecular weight is 330 g/mol. The number of nitro benzene ring substituents is 1. The zero-order chi connectivity index (χ0) is 17.7. The topological polar surface area (TPSA) is 90.5 Å². The van der Waals surface area contributed by atoms with Gasteiger partial charge in [0.25, 0.3) is 5.69 Å². The predicted octanol–water partition coefficient (Wildman–Crippen LogP) is 2.15. The van der Waals surface area contributed by atoms with Gasteiger partial charge in [-0.1, -0.05) is 6.07 Å². The smallest absolute Gasteiger partial charge is 0.330 e. The number of esters is 1. The van der Waals surface area contributed by atoms with Crippen LogP contribution in [0.1, 0.15) is 11.1 Å². The lowest BCUT2D eigenvalue weighted by molar-refractivity contribution is -0.384. The highest BCUT2D eigenvalue weighted by atomic mass is 16.6. The summed E-state index contributed by atoms with van der Waals surface area (Å²) in [6, 6.07) is 4.79. The van der Waals surface area contributed by atoms with E-state index in [0.29, 0.717) is 17.8 Å². The molecule has 0 aliphatic heterocycles. The van der Waals surface area contributed by atoms with Crippen molar-refractivity contribution in [3.8, 4) is 0 Å². The Balaban J connectivity index is 2.27. The number of nitro groups is 1. The zero-order valence-corrected chi connectivity index (χ0v) is 13.7. The Hall–Kier alpha value is -3.16. The van der Waals surface area contributed by atoms with Gasteiger partial charge in [-0.15, -0.1) is 0 Å². The molecule has 0 saturated carbocycles. The van der Waals surface area contributed by atoms with Gasteiger partial charge in [-0.25, -0.2) is 4.79 Å². The third kappa shape index (κ3) is 4.19. The molecule has 8 nitrogen and oxygen atoms in total. The third-order valence-corrected chi connectivity index (χ3v) is 3.40. The highest BCUT2D eigenvalue weighted by Crippen LogP contribution is 2.29. The first-order chi connectivity index (χ1) is 11.4. The third-order valence-electron chi connectivity index (χ3n) is 3.40. The van der Waals surface area contributed by atoms with Crippen LogP contribution in [0.15, 0.2) is 36.7 Å². The highest BCUT2D eigenvalue weighted by molar-refractivity contribution is 5.87. The summed E-state index contributed by atoms with van der Waals surface area (Å²) in [7, 11) is 4.86. The Kier molecular flexibility index (Phi) is 5.31. The second kappa shape index (κ2) is 7.40. The monoisotopic (exact) mass is 330 g/mol. The van der Waals surface area contributed by atoms with Crippen LogP contribution in [0.2, 0.25) is 0 Å². The summed E-state index contributed by atoms with van der Waals surface area (Å²) in [6.07, 6.45) is 6.27. The number of ether oxygens (including phenoxy) is 1. The van der Waals surface area contributed by atoms with Crippen LogP contribution >= 0.6 is 0 Å². The van der Waals surface area contributed by atoms with Crippen LogP contribution in [-0.2, 0) is 23.1 Å². The summed E-state index contributed by atoms with van der Waals surface area (Å²) in [6.45, 7) is 0.492. The first kappa shape index (κ1) is 17.2. The quantitative estimate of drug-likeness (QED) is 0.349. The molecule has 0 aliphatic rings. The molecule has 24 heavy (non-hydrogen) atoms. The number of carbonyl (C=O) groups is 1. The second-order valence-corrected chi connectivity index (χ2v) is 5.24. The fraction of sp³-hybridized carbons (Fsp3) is 0.250. The van der Waals surface area contributed by atoms with E-state index in [9.17, 15) is 14.9 Å². The summed E-state index contributed by atoms with van der Waals surface area (Å²) in [5, 5.41) is 15.5. The molecule has 126 valence electrons. The number of methoxy groups -OCH3 is 1. The number of hydrogen-bond donors (Lipinski definition) is 0. The van der Waals surface area contributed by atoms with E-state index in [0.717, 1.165) is 5.56 Å². The maximum atomic E-state index is 11.4. The van der Waals surface area contributed by atoms with E-state index >= 15 is 0 Å². The van der Waals surface area contributed by atoms with Crippen molar-refractivity contribution in [1.82, 2.24) is 9.78 Å². The number of nitrogens with zero attached hydrogens (tertiary/aromatic N) is 4. The number of carbonyl (C=O) groups excluding carboxylic acids is 1. The number of rotatable bonds is 6. The maximum Gasteiger partial charge on any atom is 0.330 e. The Bertz CT molecular complexity index is 782. The van der Waals surface area contributed by atoms with Crippen molar-refractivity contribution < 1.29 is 14.5 Å². The molecule has 0 bridgehead atoms. The second-order valence-electron chi connectivity index (χ2n) is 5.24. The van der Waals surface area contributed by atoms with Gasteiger partial charge >= 0.3 is 5.97 Å². The lowest BCUT2D eigenvalue weighted by atomic mass is 10.1. The van der Waals surface area contributed by atoms with Crippen molar-refractivity contribution in [3.63, 3.8) is 0 Å². The van der Waals surface area contributed by atoms with Gasteiger partial charge in [0, 0.05) is 44.5 Å². The first-order valence-electron chi connectivity index (χ1n) is 7.14. The zero-order valence-electron chi connectivity index (χ0n) is 13.7.